The molecule has 1 amide bonds. The zero-order valence-corrected chi connectivity index (χ0v) is 14.8. The molecule has 0 atom stereocenters. The van der Waals surface area contributed by atoms with E-state index in [1.807, 2.05) is 30.3 Å². The van der Waals surface area contributed by atoms with Gasteiger partial charge in [0.15, 0.2) is 6.61 Å². The largest absolute Gasteiger partial charge is 0.467 e. The fourth-order valence-corrected chi connectivity index (χ4v) is 2.60. The highest BCUT2D eigenvalue weighted by Gasteiger charge is 2.08. The van der Waals surface area contributed by atoms with Gasteiger partial charge in [0.1, 0.15) is 6.33 Å². The standard InChI is InChI=1S/C17H13BrClN3O2/c18-12-3-6-15-14(7-12)17(22-10-21-15)24-9-16(23)20-8-11-1-4-13(19)5-2-11/h1-7,10H,8-9H2,(H,20,23). The average Bonchev–Trinajstić information content (AvgIpc) is 2.59. The van der Waals surface area contributed by atoms with Gasteiger partial charge >= 0.3 is 0 Å². The van der Waals surface area contributed by atoms with Gasteiger partial charge in [-0.05, 0) is 35.9 Å². The zero-order chi connectivity index (χ0) is 16.9. The Labute approximate surface area is 152 Å². The van der Waals surface area contributed by atoms with Crippen LogP contribution in [0.25, 0.3) is 10.9 Å². The van der Waals surface area contributed by atoms with E-state index in [9.17, 15) is 4.79 Å². The first-order valence-corrected chi connectivity index (χ1v) is 8.33. The van der Waals surface area contributed by atoms with E-state index >= 15 is 0 Å². The molecule has 5 nitrogen and oxygen atoms in total. The lowest BCUT2D eigenvalue weighted by atomic mass is 10.2. The van der Waals surface area contributed by atoms with Crippen LogP contribution in [-0.4, -0.2) is 22.5 Å². The molecule has 1 aromatic heterocycles. The Balaban J connectivity index is 1.60. The maximum Gasteiger partial charge on any atom is 0.258 e. The number of benzene rings is 2. The summed E-state index contributed by atoms with van der Waals surface area (Å²) in [6.07, 6.45) is 1.41. The molecule has 0 bridgehead atoms. The molecule has 0 spiro atoms. The number of nitrogens with zero attached hydrogens (tertiary/aromatic N) is 2. The molecule has 0 saturated heterocycles. The van der Waals surface area contributed by atoms with Crippen molar-refractivity contribution in [2.45, 2.75) is 6.54 Å². The van der Waals surface area contributed by atoms with Crippen LogP contribution in [0.4, 0.5) is 0 Å². The van der Waals surface area contributed by atoms with Gasteiger partial charge in [0.2, 0.25) is 5.88 Å². The lowest BCUT2D eigenvalue weighted by Crippen LogP contribution is -2.28. The summed E-state index contributed by atoms with van der Waals surface area (Å²) in [5.74, 6) is 0.148. The van der Waals surface area contributed by atoms with E-state index < -0.39 is 0 Å². The van der Waals surface area contributed by atoms with Crippen molar-refractivity contribution < 1.29 is 9.53 Å². The monoisotopic (exact) mass is 405 g/mol. The quantitative estimate of drug-likeness (QED) is 0.701. The van der Waals surface area contributed by atoms with Crippen LogP contribution in [0.3, 0.4) is 0 Å². The molecule has 1 N–H and O–H groups in total. The number of fused-ring (bicyclic) bond motifs is 1. The normalized spacial score (nSPS) is 10.6. The summed E-state index contributed by atoms with van der Waals surface area (Å²) in [6, 6.07) is 12.9. The van der Waals surface area contributed by atoms with E-state index in [0.717, 1.165) is 20.9 Å². The summed E-state index contributed by atoms with van der Waals surface area (Å²) < 4.78 is 6.43. The van der Waals surface area contributed by atoms with Crippen LogP contribution in [0.1, 0.15) is 5.56 Å². The molecule has 0 aliphatic rings. The van der Waals surface area contributed by atoms with Crippen molar-refractivity contribution in [2.24, 2.45) is 0 Å². The molecule has 2 aromatic carbocycles. The first kappa shape index (κ1) is 16.7. The van der Waals surface area contributed by atoms with Crippen LogP contribution in [0.15, 0.2) is 53.3 Å². The molecule has 0 aliphatic carbocycles. The Morgan fingerprint density at radius 3 is 2.75 bits per heavy atom. The van der Waals surface area contributed by atoms with E-state index in [-0.39, 0.29) is 12.5 Å². The molecule has 0 unspecified atom stereocenters. The number of hydrogen-bond donors (Lipinski definition) is 1. The third-order valence-corrected chi connectivity index (χ3v) is 4.05. The molecule has 0 fully saturated rings. The van der Waals surface area contributed by atoms with E-state index in [1.165, 1.54) is 6.33 Å². The Morgan fingerprint density at radius 1 is 1.17 bits per heavy atom. The molecule has 3 aromatic rings. The SMILES string of the molecule is O=C(COc1ncnc2ccc(Br)cc12)NCc1ccc(Cl)cc1. The van der Waals surface area contributed by atoms with Gasteiger partial charge in [-0.15, -0.1) is 0 Å². The summed E-state index contributed by atoms with van der Waals surface area (Å²) >= 11 is 9.23. The fraction of sp³-hybridized carbons (Fsp3) is 0.118. The molecule has 3 rings (SSSR count). The highest BCUT2D eigenvalue weighted by atomic mass is 79.9. The summed E-state index contributed by atoms with van der Waals surface area (Å²) in [5, 5.41) is 4.20. The van der Waals surface area contributed by atoms with Crippen LogP contribution in [0.5, 0.6) is 5.88 Å². The number of carbonyl (C=O) groups excluding carboxylic acids is 1. The highest BCUT2D eigenvalue weighted by Crippen LogP contribution is 2.24. The number of halogens is 2. The second-order valence-electron chi connectivity index (χ2n) is 5.03. The smallest absolute Gasteiger partial charge is 0.258 e. The third-order valence-electron chi connectivity index (χ3n) is 3.30. The van der Waals surface area contributed by atoms with Gasteiger partial charge in [-0.1, -0.05) is 39.7 Å². The number of hydrogen-bond acceptors (Lipinski definition) is 4. The minimum absolute atomic E-state index is 0.119. The van der Waals surface area contributed by atoms with E-state index in [4.69, 9.17) is 16.3 Å². The van der Waals surface area contributed by atoms with Crippen LogP contribution in [0.2, 0.25) is 5.02 Å². The van der Waals surface area contributed by atoms with Crippen LogP contribution in [-0.2, 0) is 11.3 Å². The molecule has 1 heterocycles. The Kier molecular flexibility index (Phi) is 5.27. The van der Waals surface area contributed by atoms with Gasteiger partial charge in [0.05, 0.1) is 10.9 Å². The lowest BCUT2D eigenvalue weighted by molar-refractivity contribution is -0.123. The van der Waals surface area contributed by atoms with Gasteiger partial charge in [0.25, 0.3) is 5.91 Å². The van der Waals surface area contributed by atoms with Crippen molar-refractivity contribution in [3.63, 3.8) is 0 Å². The van der Waals surface area contributed by atoms with Crippen molar-refractivity contribution in [3.05, 3.63) is 63.9 Å². The number of ether oxygens (including phenoxy) is 1. The van der Waals surface area contributed by atoms with Gasteiger partial charge in [-0.25, -0.2) is 9.97 Å². The van der Waals surface area contributed by atoms with Crippen molar-refractivity contribution in [1.82, 2.24) is 15.3 Å². The van der Waals surface area contributed by atoms with E-state index in [0.29, 0.717) is 17.4 Å². The minimum Gasteiger partial charge on any atom is -0.467 e. The Hall–Kier alpha value is -2.18. The average molecular weight is 407 g/mol. The maximum absolute atomic E-state index is 11.9. The van der Waals surface area contributed by atoms with Crippen molar-refractivity contribution >= 4 is 44.3 Å². The van der Waals surface area contributed by atoms with Crippen molar-refractivity contribution in [1.29, 1.82) is 0 Å². The predicted molar refractivity (Wildman–Crippen MR) is 96.0 cm³/mol. The molecule has 24 heavy (non-hydrogen) atoms. The highest BCUT2D eigenvalue weighted by molar-refractivity contribution is 9.10. The molecule has 0 aliphatic heterocycles. The molecule has 122 valence electrons. The first-order valence-electron chi connectivity index (χ1n) is 7.16. The number of nitrogens with one attached hydrogen (secondary N) is 1. The fourth-order valence-electron chi connectivity index (χ4n) is 2.11. The molecule has 0 radical (unpaired) electrons. The van der Waals surface area contributed by atoms with Gasteiger partial charge < -0.3 is 10.1 Å². The molecular formula is C17H13BrClN3O2. The van der Waals surface area contributed by atoms with Crippen LogP contribution >= 0.6 is 27.5 Å². The summed E-state index contributed by atoms with van der Waals surface area (Å²) in [5.41, 5.74) is 1.72. The van der Waals surface area contributed by atoms with E-state index in [2.05, 4.69) is 31.2 Å². The van der Waals surface area contributed by atoms with Gasteiger partial charge in [-0.2, -0.15) is 0 Å². The lowest BCUT2D eigenvalue weighted by Gasteiger charge is -2.09. The first-order chi connectivity index (χ1) is 11.6. The molecular weight excluding hydrogens is 394 g/mol. The van der Waals surface area contributed by atoms with Crippen molar-refractivity contribution in [2.75, 3.05) is 6.61 Å². The molecule has 7 heteroatoms. The Morgan fingerprint density at radius 2 is 1.96 bits per heavy atom. The van der Waals surface area contributed by atoms with Crippen molar-refractivity contribution in [3.8, 4) is 5.88 Å². The number of aromatic nitrogens is 2. The number of carbonyl (C=O) groups is 1. The predicted octanol–water partition coefficient (Wildman–Crippen LogP) is 3.74. The third kappa shape index (κ3) is 4.21. The maximum atomic E-state index is 11.9. The second kappa shape index (κ2) is 7.59. The number of rotatable bonds is 5. The summed E-state index contributed by atoms with van der Waals surface area (Å²) in [4.78, 5) is 20.2. The van der Waals surface area contributed by atoms with Crippen LogP contribution in [0, 0.1) is 0 Å². The summed E-state index contributed by atoms with van der Waals surface area (Å²) in [7, 11) is 0. The van der Waals surface area contributed by atoms with Gasteiger partial charge in [-0.3, -0.25) is 4.79 Å². The number of amides is 1. The van der Waals surface area contributed by atoms with Gasteiger partial charge in [0, 0.05) is 16.0 Å². The Bertz CT molecular complexity index is 871. The minimum atomic E-state index is -0.230. The van der Waals surface area contributed by atoms with E-state index in [1.54, 1.807) is 12.1 Å². The van der Waals surface area contributed by atoms with Crippen LogP contribution < -0.4 is 10.1 Å². The molecule has 0 saturated carbocycles. The zero-order valence-electron chi connectivity index (χ0n) is 12.5. The second-order valence-corrected chi connectivity index (χ2v) is 6.38. The summed E-state index contributed by atoms with van der Waals surface area (Å²) in [6.45, 7) is 0.293. The topological polar surface area (TPSA) is 64.1 Å².